The first-order valence-corrected chi connectivity index (χ1v) is 9.84. The zero-order valence-electron chi connectivity index (χ0n) is 18.2. The molecule has 158 valence electrons. The van der Waals surface area contributed by atoms with E-state index in [9.17, 15) is 4.79 Å². The molecule has 4 rings (SSSR count). The quantitative estimate of drug-likeness (QED) is 0.505. The lowest BCUT2D eigenvalue weighted by molar-refractivity contribution is 0.0664. The molecule has 2 aromatic heterocycles. The number of fused-ring (bicyclic) bond motifs is 1. The number of hydrogen-bond donors (Lipinski definition) is 2. The Morgan fingerprint density at radius 3 is 2.40 bits per heavy atom. The summed E-state index contributed by atoms with van der Waals surface area (Å²) >= 11 is 0. The number of aromatic nitrogens is 4. The van der Waals surface area contributed by atoms with E-state index >= 15 is 0 Å². The Morgan fingerprint density at radius 1 is 1.20 bits per heavy atom. The van der Waals surface area contributed by atoms with Crippen LogP contribution in [-0.2, 0) is 0 Å². The highest BCUT2D eigenvalue weighted by Gasteiger charge is 2.21. The van der Waals surface area contributed by atoms with Gasteiger partial charge in [-0.3, -0.25) is 9.89 Å². The van der Waals surface area contributed by atoms with Crippen LogP contribution in [0.1, 0.15) is 28.5 Å². The Morgan fingerprint density at radius 2 is 1.83 bits per heavy atom. The summed E-state index contributed by atoms with van der Waals surface area (Å²) in [6.45, 7) is 12.6. The number of allylic oxidation sites excluding steroid dienone is 1. The number of imidazole rings is 1. The van der Waals surface area contributed by atoms with Gasteiger partial charge in [0, 0.05) is 43.0 Å². The SMILES string of the molecule is C#C.C=CC.Cc1[nH]nc(-c2nc3ccc(C(=O)N4CCN(C)CC4)cc3[nH]2)c1C. The lowest BCUT2D eigenvalue weighted by atomic mass is 10.1. The second-order valence-electron chi connectivity index (χ2n) is 7.14. The minimum absolute atomic E-state index is 0.0814. The van der Waals surface area contributed by atoms with E-state index in [-0.39, 0.29) is 5.91 Å². The molecule has 1 aliphatic heterocycles. The van der Waals surface area contributed by atoms with Gasteiger partial charge in [0.15, 0.2) is 5.82 Å². The molecule has 1 aromatic carbocycles. The minimum Gasteiger partial charge on any atom is -0.337 e. The van der Waals surface area contributed by atoms with Crippen LogP contribution in [0.4, 0.5) is 0 Å². The number of amides is 1. The van der Waals surface area contributed by atoms with Crippen LogP contribution in [0.15, 0.2) is 30.9 Å². The number of rotatable bonds is 2. The number of terminal acetylenes is 1. The highest BCUT2D eigenvalue weighted by atomic mass is 16.2. The summed E-state index contributed by atoms with van der Waals surface area (Å²) < 4.78 is 0. The molecular weight excluding hydrogens is 376 g/mol. The number of likely N-dealkylation sites (N-methyl/N-ethyl adjacent to an activating group) is 1. The number of nitrogens with one attached hydrogen (secondary N) is 2. The number of H-pyrrole nitrogens is 2. The molecule has 0 radical (unpaired) electrons. The van der Waals surface area contributed by atoms with Gasteiger partial charge in [-0.25, -0.2) is 4.98 Å². The number of carbonyl (C=O) groups is 1. The molecule has 0 unspecified atom stereocenters. The van der Waals surface area contributed by atoms with Crippen molar-refractivity contribution in [3.05, 3.63) is 47.7 Å². The van der Waals surface area contributed by atoms with Crippen molar-refractivity contribution in [3.8, 4) is 24.4 Å². The maximum Gasteiger partial charge on any atom is 0.254 e. The molecule has 7 heteroatoms. The molecule has 1 saturated heterocycles. The average Bonchev–Trinajstić information content (AvgIpc) is 3.32. The predicted octanol–water partition coefficient (Wildman–Crippen LogP) is 3.40. The third kappa shape index (κ3) is 4.97. The summed E-state index contributed by atoms with van der Waals surface area (Å²) in [6, 6.07) is 5.64. The number of aryl methyl sites for hydroxylation is 1. The summed E-state index contributed by atoms with van der Waals surface area (Å²) in [7, 11) is 2.08. The largest absolute Gasteiger partial charge is 0.337 e. The van der Waals surface area contributed by atoms with E-state index < -0.39 is 0 Å². The van der Waals surface area contributed by atoms with Crippen molar-refractivity contribution >= 4 is 16.9 Å². The zero-order chi connectivity index (χ0) is 22.3. The van der Waals surface area contributed by atoms with E-state index in [1.807, 2.05) is 43.9 Å². The van der Waals surface area contributed by atoms with E-state index in [2.05, 4.69) is 51.5 Å². The van der Waals surface area contributed by atoms with Crippen LogP contribution in [0.2, 0.25) is 0 Å². The summed E-state index contributed by atoms with van der Waals surface area (Å²) in [5, 5.41) is 7.30. The van der Waals surface area contributed by atoms with Crippen molar-refractivity contribution in [2.75, 3.05) is 33.2 Å². The lowest BCUT2D eigenvalue weighted by Gasteiger charge is -2.32. The summed E-state index contributed by atoms with van der Waals surface area (Å²) in [5.41, 5.74) is 5.32. The number of hydrogen-bond acceptors (Lipinski definition) is 4. The van der Waals surface area contributed by atoms with Gasteiger partial charge < -0.3 is 14.8 Å². The third-order valence-electron chi connectivity index (χ3n) is 5.00. The molecule has 2 N–H and O–H groups in total. The summed E-state index contributed by atoms with van der Waals surface area (Å²) in [4.78, 5) is 24.8. The van der Waals surface area contributed by atoms with Crippen LogP contribution < -0.4 is 0 Å². The summed E-state index contributed by atoms with van der Waals surface area (Å²) in [5.74, 6) is 0.805. The Hall–Kier alpha value is -3.37. The molecule has 7 nitrogen and oxygen atoms in total. The van der Waals surface area contributed by atoms with Crippen molar-refractivity contribution in [3.63, 3.8) is 0 Å². The molecule has 3 heterocycles. The first-order chi connectivity index (χ1) is 14.4. The minimum atomic E-state index is 0.0814. The normalized spacial score (nSPS) is 13.7. The van der Waals surface area contributed by atoms with E-state index in [1.54, 1.807) is 6.08 Å². The number of piperazine rings is 1. The topological polar surface area (TPSA) is 80.9 Å². The van der Waals surface area contributed by atoms with Gasteiger partial charge in [-0.1, -0.05) is 6.08 Å². The van der Waals surface area contributed by atoms with Crippen LogP contribution in [0, 0.1) is 26.7 Å². The number of carbonyl (C=O) groups excluding carboxylic acids is 1. The maximum atomic E-state index is 12.7. The van der Waals surface area contributed by atoms with Gasteiger partial charge >= 0.3 is 0 Å². The zero-order valence-corrected chi connectivity index (χ0v) is 18.2. The smallest absolute Gasteiger partial charge is 0.254 e. The Labute approximate surface area is 178 Å². The van der Waals surface area contributed by atoms with Crippen molar-refractivity contribution in [2.45, 2.75) is 20.8 Å². The highest BCUT2D eigenvalue weighted by molar-refractivity contribution is 5.97. The molecule has 0 saturated carbocycles. The van der Waals surface area contributed by atoms with Crippen LogP contribution in [0.5, 0.6) is 0 Å². The van der Waals surface area contributed by atoms with Gasteiger partial charge in [0.05, 0.1) is 11.0 Å². The van der Waals surface area contributed by atoms with Crippen LogP contribution in [0.25, 0.3) is 22.6 Å². The van der Waals surface area contributed by atoms with E-state index in [1.165, 1.54) is 0 Å². The second kappa shape index (κ2) is 10.4. The van der Waals surface area contributed by atoms with E-state index in [0.29, 0.717) is 5.56 Å². The van der Waals surface area contributed by atoms with Crippen molar-refractivity contribution < 1.29 is 4.79 Å². The fourth-order valence-electron chi connectivity index (χ4n) is 3.16. The first kappa shape index (κ1) is 22.9. The van der Waals surface area contributed by atoms with Crippen molar-refractivity contribution in [2.24, 2.45) is 0 Å². The average molecular weight is 407 g/mol. The molecule has 0 bridgehead atoms. The molecule has 1 amide bonds. The van der Waals surface area contributed by atoms with E-state index in [0.717, 1.165) is 60.0 Å². The number of nitrogens with zero attached hydrogens (tertiary/aromatic N) is 4. The standard InChI is InChI=1S/C18H22N6O.C3H6.C2H2/c1-11-12(2)21-22-16(11)17-19-14-5-4-13(10-15(14)20-17)18(25)24-8-6-23(3)7-9-24;1-3-2;1-2/h4-5,10H,6-9H2,1-3H3,(H,19,20)(H,21,22);3H,1H2,2H3;1-2H. The Bertz CT molecular complexity index is 1020. The van der Waals surface area contributed by atoms with Gasteiger partial charge in [-0.05, 0) is 46.0 Å². The van der Waals surface area contributed by atoms with Gasteiger partial charge in [0.25, 0.3) is 5.91 Å². The maximum absolute atomic E-state index is 12.7. The van der Waals surface area contributed by atoms with Crippen LogP contribution in [0.3, 0.4) is 0 Å². The second-order valence-corrected chi connectivity index (χ2v) is 7.14. The highest BCUT2D eigenvalue weighted by Crippen LogP contribution is 2.24. The molecule has 30 heavy (non-hydrogen) atoms. The molecule has 0 spiro atoms. The molecule has 0 atom stereocenters. The van der Waals surface area contributed by atoms with Gasteiger partial charge in [-0.15, -0.1) is 19.4 Å². The Kier molecular flexibility index (Phi) is 7.96. The van der Waals surface area contributed by atoms with Gasteiger partial charge in [0.2, 0.25) is 0 Å². The van der Waals surface area contributed by atoms with Crippen LogP contribution >= 0.6 is 0 Å². The molecule has 0 aliphatic carbocycles. The Balaban J connectivity index is 0.000000590. The molecule has 1 aliphatic rings. The van der Waals surface area contributed by atoms with Crippen LogP contribution in [-0.4, -0.2) is 69.1 Å². The lowest BCUT2D eigenvalue weighted by Crippen LogP contribution is -2.47. The molecule has 1 fully saturated rings. The third-order valence-corrected chi connectivity index (χ3v) is 5.00. The fourth-order valence-corrected chi connectivity index (χ4v) is 3.16. The van der Waals surface area contributed by atoms with Gasteiger partial charge in [-0.2, -0.15) is 5.10 Å². The van der Waals surface area contributed by atoms with Crippen molar-refractivity contribution in [1.29, 1.82) is 0 Å². The number of benzene rings is 1. The first-order valence-electron chi connectivity index (χ1n) is 9.84. The fraction of sp³-hybridized carbons (Fsp3) is 0.348. The predicted molar refractivity (Wildman–Crippen MR) is 122 cm³/mol. The van der Waals surface area contributed by atoms with Gasteiger partial charge in [0.1, 0.15) is 5.69 Å². The number of aromatic amines is 2. The molecular formula is C23H30N6O. The van der Waals surface area contributed by atoms with E-state index in [4.69, 9.17) is 0 Å². The van der Waals surface area contributed by atoms with Crippen molar-refractivity contribution in [1.82, 2.24) is 30.0 Å². The summed E-state index contributed by atoms with van der Waals surface area (Å²) in [6.07, 6.45) is 9.75. The molecule has 3 aromatic rings. The monoisotopic (exact) mass is 406 g/mol.